The minimum atomic E-state index is -3.99. The summed E-state index contributed by atoms with van der Waals surface area (Å²) in [5, 5.41) is 14.1. The van der Waals surface area contributed by atoms with Crippen LogP contribution in [-0.2, 0) is 21.2 Å². The van der Waals surface area contributed by atoms with E-state index in [4.69, 9.17) is 5.26 Å². The number of carbonyl (C=O) groups is 1. The maximum atomic E-state index is 13.2. The van der Waals surface area contributed by atoms with E-state index >= 15 is 0 Å². The van der Waals surface area contributed by atoms with Crippen LogP contribution in [0.25, 0.3) is 21.7 Å². The van der Waals surface area contributed by atoms with E-state index in [1.807, 2.05) is 48.5 Å². The average molecular weight is 459 g/mol. The van der Waals surface area contributed by atoms with Crippen LogP contribution in [0.15, 0.2) is 83.9 Å². The van der Waals surface area contributed by atoms with Crippen molar-refractivity contribution in [2.45, 2.75) is 23.8 Å². The summed E-state index contributed by atoms with van der Waals surface area (Å²) < 4.78 is 28.9. The topological polar surface area (TPSA) is 112 Å². The first-order valence-electron chi connectivity index (χ1n) is 10.5. The highest BCUT2D eigenvalue weighted by atomic mass is 32.2. The lowest BCUT2D eigenvalue weighted by Gasteiger charge is -2.19. The molecule has 0 saturated heterocycles. The van der Waals surface area contributed by atoms with Crippen molar-refractivity contribution in [2.24, 2.45) is 0 Å². The molecule has 0 aliphatic heterocycles. The first kappa shape index (κ1) is 22.4. The van der Waals surface area contributed by atoms with E-state index in [2.05, 4.69) is 15.0 Å². The second kappa shape index (κ2) is 9.77. The minimum absolute atomic E-state index is 0.0522. The van der Waals surface area contributed by atoms with Gasteiger partial charge < -0.3 is 5.32 Å². The molecule has 3 aromatic carbocycles. The zero-order chi connectivity index (χ0) is 23.3. The molecule has 0 fully saturated rings. The third kappa shape index (κ3) is 5.34. The Balaban J connectivity index is 1.62. The number of aromatic nitrogens is 1. The van der Waals surface area contributed by atoms with E-state index in [1.165, 1.54) is 12.1 Å². The molecular formula is C25H22N4O3S. The Kier molecular flexibility index (Phi) is 6.63. The highest BCUT2D eigenvalue weighted by Gasteiger charge is 2.26. The zero-order valence-electron chi connectivity index (χ0n) is 17.7. The van der Waals surface area contributed by atoms with Gasteiger partial charge in [0, 0.05) is 18.1 Å². The first-order chi connectivity index (χ1) is 16.0. The highest BCUT2D eigenvalue weighted by Crippen LogP contribution is 2.20. The van der Waals surface area contributed by atoms with Crippen LogP contribution < -0.4 is 10.0 Å². The van der Waals surface area contributed by atoms with Crippen molar-refractivity contribution in [2.75, 3.05) is 6.54 Å². The van der Waals surface area contributed by atoms with Crippen LogP contribution in [0.1, 0.15) is 12.0 Å². The van der Waals surface area contributed by atoms with Crippen molar-refractivity contribution in [3.05, 3.63) is 84.6 Å². The van der Waals surface area contributed by atoms with Gasteiger partial charge in [0.25, 0.3) is 0 Å². The van der Waals surface area contributed by atoms with Crippen molar-refractivity contribution in [3.63, 3.8) is 0 Å². The molecular weight excluding hydrogens is 436 g/mol. The molecule has 8 heteroatoms. The monoisotopic (exact) mass is 458 g/mol. The number of nitrogens with zero attached hydrogens (tertiary/aromatic N) is 2. The number of nitrogens with one attached hydrogen (secondary N) is 2. The molecule has 0 saturated carbocycles. The van der Waals surface area contributed by atoms with Gasteiger partial charge in [-0.1, -0.05) is 48.5 Å². The van der Waals surface area contributed by atoms with Crippen LogP contribution in [0.3, 0.4) is 0 Å². The third-order valence-electron chi connectivity index (χ3n) is 5.29. The van der Waals surface area contributed by atoms with Crippen molar-refractivity contribution < 1.29 is 13.2 Å². The summed E-state index contributed by atoms with van der Waals surface area (Å²) in [5.41, 5.74) is 1.50. The molecule has 166 valence electrons. The normalized spacial score (nSPS) is 12.3. The van der Waals surface area contributed by atoms with Crippen molar-refractivity contribution in [1.82, 2.24) is 15.0 Å². The Morgan fingerprint density at radius 3 is 2.58 bits per heavy atom. The first-order valence-corrected chi connectivity index (χ1v) is 11.9. The lowest BCUT2D eigenvalue weighted by atomic mass is 10.0. The molecule has 0 bridgehead atoms. The molecule has 0 aliphatic rings. The number of pyridine rings is 1. The summed E-state index contributed by atoms with van der Waals surface area (Å²) in [6.45, 7) is 0.146. The molecule has 1 amide bonds. The number of benzene rings is 3. The van der Waals surface area contributed by atoms with E-state index < -0.39 is 22.0 Å². The highest BCUT2D eigenvalue weighted by molar-refractivity contribution is 7.89. The lowest BCUT2D eigenvalue weighted by molar-refractivity contribution is -0.122. The molecule has 1 aromatic heterocycles. The van der Waals surface area contributed by atoms with Gasteiger partial charge in [-0.15, -0.1) is 0 Å². The summed E-state index contributed by atoms with van der Waals surface area (Å²) >= 11 is 0. The smallest absolute Gasteiger partial charge is 0.241 e. The Morgan fingerprint density at radius 1 is 0.970 bits per heavy atom. The number of nitriles is 1. The van der Waals surface area contributed by atoms with Gasteiger partial charge in [0.1, 0.15) is 6.04 Å². The fourth-order valence-electron chi connectivity index (χ4n) is 3.63. The van der Waals surface area contributed by atoms with E-state index in [9.17, 15) is 13.2 Å². The van der Waals surface area contributed by atoms with Crippen molar-refractivity contribution in [3.8, 4) is 6.07 Å². The largest absolute Gasteiger partial charge is 0.354 e. The fourth-order valence-corrected chi connectivity index (χ4v) is 4.86. The minimum Gasteiger partial charge on any atom is -0.354 e. The van der Waals surface area contributed by atoms with Crippen LogP contribution in [0.5, 0.6) is 0 Å². The van der Waals surface area contributed by atoms with E-state index in [0.29, 0.717) is 10.9 Å². The van der Waals surface area contributed by atoms with Crippen LogP contribution in [-0.4, -0.2) is 31.9 Å². The Hall–Kier alpha value is -3.80. The molecule has 0 radical (unpaired) electrons. The third-order valence-corrected chi connectivity index (χ3v) is 6.76. The summed E-state index contributed by atoms with van der Waals surface area (Å²) in [5.74, 6) is -0.482. The van der Waals surface area contributed by atoms with Gasteiger partial charge in [0.2, 0.25) is 15.9 Å². The van der Waals surface area contributed by atoms with Crippen LogP contribution >= 0.6 is 0 Å². The van der Waals surface area contributed by atoms with Gasteiger partial charge >= 0.3 is 0 Å². The molecule has 7 nitrogen and oxygen atoms in total. The number of rotatable bonds is 8. The molecule has 4 rings (SSSR count). The Labute approximate surface area is 192 Å². The molecule has 4 aromatic rings. The molecule has 1 heterocycles. The Morgan fingerprint density at radius 2 is 1.76 bits per heavy atom. The number of hydrogen-bond donors (Lipinski definition) is 2. The van der Waals surface area contributed by atoms with Gasteiger partial charge in [-0.05, 0) is 47.0 Å². The second-order valence-corrected chi connectivity index (χ2v) is 9.33. The van der Waals surface area contributed by atoms with Crippen LogP contribution in [0.2, 0.25) is 0 Å². The summed E-state index contributed by atoms with van der Waals surface area (Å²) in [6, 6.07) is 22.7. The van der Waals surface area contributed by atoms with Crippen LogP contribution in [0.4, 0.5) is 0 Å². The van der Waals surface area contributed by atoms with Gasteiger partial charge in [0.15, 0.2) is 0 Å². The van der Waals surface area contributed by atoms with E-state index in [1.54, 1.807) is 24.4 Å². The number of amides is 1. The summed E-state index contributed by atoms with van der Waals surface area (Å²) in [4.78, 5) is 17.1. The standard InChI is InChI=1S/C25H22N4O3S/c26-12-4-14-28-25(30)24(16-18-8-9-19-5-1-2-6-20(19)15-18)29-33(31,32)22-10-11-23-21(17-22)7-3-13-27-23/h1-3,5-11,13,15,17,24,29H,4,14,16H2,(H,28,30). The maximum Gasteiger partial charge on any atom is 0.241 e. The van der Waals surface area contributed by atoms with Gasteiger partial charge in [-0.3, -0.25) is 9.78 Å². The van der Waals surface area contributed by atoms with Gasteiger partial charge in [-0.25, -0.2) is 8.42 Å². The van der Waals surface area contributed by atoms with Gasteiger partial charge in [-0.2, -0.15) is 9.98 Å². The van der Waals surface area contributed by atoms with Crippen molar-refractivity contribution >= 4 is 37.6 Å². The number of sulfonamides is 1. The number of fused-ring (bicyclic) bond motifs is 2. The molecule has 2 N–H and O–H groups in total. The second-order valence-electron chi connectivity index (χ2n) is 7.62. The zero-order valence-corrected chi connectivity index (χ0v) is 18.5. The molecule has 1 atom stereocenters. The molecule has 0 spiro atoms. The van der Waals surface area contributed by atoms with Crippen molar-refractivity contribution in [1.29, 1.82) is 5.26 Å². The molecule has 0 aliphatic carbocycles. The lowest BCUT2D eigenvalue weighted by Crippen LogP contribution is -2.48. The van der Waals surface area contributed by atoms with Gasteiger partial charge in [0.05, 0.1) is 22.9 Å². The summed E-state index contributed by atoms with van der Waals surface area (Å²) in [6.07, 6.45) is 1.94. The number of hydrogen-bond acceptors (Lipinski definition) is 5. The predicted molar refractivity (Wildman–Crippen MR) is 127 cm³/mol. The molecule has 33 heavy (non-hydrogen) atoms. The average Bonchev–Trinajstić information content (AvgIpc) is 2.83. The fraction of sp³-hybridized carbons (Fsp3) is 0.160. The number of carbonyl (C=O) groups excluding carboxylic acids is 1. The molecule has 1 unspecified atom stereocenters. The van der Waals surface area contributed by atoms with E-state index in [0.717, 1.165) is 16.3 Å². The summed E-state index contributed by atoms with van der Waals surface area (Å²) in [7, 11) is -3.99. The quantitative estimate of drug-likeness (QED) is 0.394. The Bertz CT molecular complexity index is 1460. The van der Waals surface area contributed by atoms with Crippen LogP contribution in [0, 0.1) is 11.3 Å². The SMILES string of the molecule is N#CCCNC(=O)C(Cc1ccc2ccccc2c1)NS(=O)(=O)c1ccc2ncccc2c1. The predicted octanol–water partition coefficient (Wildman–Crippen LogP) is 3.31. The van der Waals surface area contributed by atoms with E-state index in [-0.39, 0.29) is 24.3 Å². The maximum absolute atomic E-state index is 13.2.